The minimum atomic E-state index is 0.324. The van der Waals surface area contributed by atoms with Crippen LogP contribution in [0.4, 0.5) is 0 Å². The number of rotatable bonds is 1. The number of hydrogen-bond acceptors (Lipinski definition) is 3. The van der Waals surface area contributed by atoms with Gasteiger partial charge < -0.3 is 4.42 Å². The van der Waals surface area contributed by atoms with Crippen molar-refractivity contribution in [3.63, 3.8) is 0 Å². The lowest BCUT2D eigenvalue weighted by atomic mass is 10.2. The topological polar surface area (TPSA) is 38.9 Å². The number of aryl methyl sites for hydroxylation is 1. The van der Waals surface area contributed by atoms with Crippen molar-refractivity contribution in [2.75, 3.05) is 0 Å². The summed E-state index contributed by atoms with van der Waals surface area (Å²) < 4.78 is 5.52. The number of benzene rings is 2. The molecule has 0 saturated heterocycles. The summed E-state index contributed by atoms with van der Waals surface area (Å²) in [6.45, 7) is 2.04. The molecule has 0 radical (unpaired) electrons. The van der Waals surface area contributed by atoms with Crippen LogP contribution in [-0.4, -0.2) is 10.2 Å². The second-order valence-corrected chi connectivity index (χ2v) is 4.39. The van der Waals surface area contributed by atoms with Gasteiger partial charge in [-0.05, 0) is 37.1 Å². The van der Waals surface area contributed by atoms with E-state index >= 15 is 0 Å². The molecule has 0 amide bonds. The van der Waals surface area contributed by atoms with E-state index in [1.54, 1.807) is 0 Å². The highest BCUT2D eigenvalue weighted by molar-refractivity contribution is 5.52. The molecule has 3 nitrogen and oxygen atoms in total. The molecule has 0 N–H and O–H groups in total. The molecular weight excluding hydrogens is 248 g/mol. The maximum Gasteiger partial charge on any atom is 0.294 e. The first-order valence-electron chi connectivity index (χ1n) is 6.29. The van der Waals surface area contributed by atoms with Gasteiger partial charge in [-0.25, -0.2) is 0 Å². The first-order valence-corrected chi connectivity index (χ1v) is 6.29. The first kappa shape index (κ1) is 12.2. The monoisotopic (exact) mass is 260 g/mol. The number of aromatic nitrogens is 2. The predicted molar refractivity (Wildman–Crippen MR) is 76.9 cm³/mol. The second kappa shape index (κ2) is 5.41. The number of hydrogen-bond donors (Lipinski definition) is 0. The van der Waals surface area contributed by atoms with E-state index in [9.17, 15) is 0 Å². The molecule has 0 atom stereocenters. The van der Waals surface area contributed by atoms with Crippen LogP contribution in [0.15, 0.2) is 59.0 Å². The quantitative estimate of drug-likeness (QED) is 0.629. The standard InChI is InChI=1S/C17H12N2O/c1-13-7-9-14(10-8-13)11-12-16-18-19-17(20-16)15-5-3-2-4-6-15/h2-10H,1H3. The van der Waals surface area contributed by atoms with Crippen LogP contribution in [0.5, 0.6) is 0 Å². The molecule has 0 aliphatic heterocycles. The SMILES string of the molecule is Cc1ccc(C#Cc2nnc(-c3ccccc3)o2)cc1. The second-order valence-electron chi connectivity index (χ2n) is 4.39. The van der Waals surface area contributed by atoms with Gasteiger partial charge in [0.15, 0.2) is 0 Å². The fourth-order valence-corrected chi connectivity index (χ4v) is 1.73. The number of nitrogens with zero attached hydrogens (tertiary/aromatic N) is 2. The molecule has 3 rings (SSSR count). The molecule has 1 aromatic heterocycles. The van der Waals surface area contributed by atoms with Crippen molar-refractivity contribution in [3.8, 4) is 23.3 Å². The van der Waals surface area contributed by atoms with Gasteiger partial charge in [0, 0.05) is 11.1 Å². The molecule has 96 valence electrons. The molecule has 0 fully saturated rings. The Balaban J connectivity index is 1.83. The van der Waals surface area contributed by atoms with Crippen LogP contribution in [0.25, 0.3) is 11.5 Å². The van der Waals surface area contributed by atoms with Gasteiger partial charge in [0.1, 0.15) is 0 Å². The van der Waals surface area contributed by atoms with Crippen molar-refractivity contribution in [3.05, 3.63) is 71.6 Å². The van der Waals surface area contributed by atoms with Crippen LogP contribution in [0.3, 0.4) is 0 Å². The van der Waals surface area contributed by atoms with Crippen molar-refractivity contribution in [2.24, 2.45) is 0 Å². The maximum atomic E-state index is 5.52. The smallest absolute Gasteiger partial charge is 0.294 e. The molecule has 0 aliphatic carbocycles. The van der Waals surface area contributed by atoms with Gasteiger partial charge in [0.05, 0.1) is 0 Å². The van der Waals surface area contributed by atoms with Gasteiger partial charge in [0.2, 0.25) is 5.89 Å². The molecule has 1 heterocycles. The van der Waals surface area contributed by atoms with Gasteiger partial charge in [-0.1, -0.05) is 46.9 Å². The summed E-state index contributed by atoms with van der Waals surface area (Å²) in [5.74, 6) is 6.70. The van der Waals surface area contributed by atoms with E-state index in [1.807, 2.05) is 61.5 Å². The zero-order valence-corrected chi connectivity index (χ0v) is 11.0. The highest BCUT2D eigenvalue weighted by Crippen LogP contribution is 2.16. The normalized spacial score (nSPS) is 9.85. The minimum absolute atomic E-state index is 0.324. The third-order valence-corrected chi connectivity index (χ3v) is 2.81. The molecule has 0 aliphatic rings. The Kier molecular flexibility index (Phi) is 3.30. The zero-order chi connectivity index (χ0) is 13.8. The third kappa shape index (κ3) is 2.76. The van der Waals surface area contributed by atoms with Gasteiger partial charge in [-0.3, -0.25) is 0 Å². The molecule has 0 saturated carbocycles. The van der Waals surface area contributed by atoms with E-state index in [2.05, 4.69) is 22.0 Å². The predicted octanol–water partition coefficient (Wildman–Crippen LogP) is 3.44. The Morgan fingerprint density at radius 2 is 1.60 bits per heavy atom. The average molecular weight is 260 g/mol. The Morgan fingerprint density at radius 3 is 2.35 bits per heavy atom. The van der Waals surface area contributed by atoms with Crippen molar-refractivity contribution < 1.29 is 4.42 Å². The highest BCUT2D eigenvalue weighted by Gasteiger charge is 2.05. The van der Waals surface area contributed by atoms with E-state index in [4.69, 9.17) is 4.42 Å². The zero-order valence-electron chi connectivity index (χ0n) is 11.0. The van der Waals surface area contributed by atoms with Crippen molar-refractivity contribution >= 4 is 0 Å². The van der Waals surface area contributed by atoms with Gasteiger partial charge in [-0.2, -0.15) is 0 Å². The van der Waals surface area contributed by atoms with E-state index in [1.165, 1.54) is 5.56 Å². The average Bonchev–Trinajstić information content (AvgIpc) is 2.97. The Hall–Kier alpha value is -2.86. The van der Waals surface area contributed by atoms with Crippen LogP contribution in [0, 0.1) is 18.8 Å². The first-order chi connectivity index (χ1) is 9.81. The lowest BCUT2D eigenvalue weighted by molar-refractivity contribution is 0.555. The summed E-state index contributed by atoms with van der Waals surface area (Å²) in [5, 5.41) is 7.93. The summed E-state index contributed by atoms with van der Waals surface area (Å²) in [4.78, 5) is 0. The van der Waals surface area contributed by atoms with Gasteiger partial charge >= 0.3 is 0 Å². The van der Waals surface area contributed by atoms with E-state index in [0.717, 1.165) is 11.1 Å². The van der Waals surface area contributed by atoms with Gasteiger partial charge in [-0.15, -0.1) is 5.10 Å². The van der Waals surface area contributed by atoms with Crippen LogP contribution in [0.2, 0.25) is 0 Å². The van der Waals surface area contributed by atoms with Crippen molar-refractivity contribution in [2.45, 2.75) is 6.92 Å². The van der Waals surface area contributed by atoms with Crippen LogP contribution in [-0.2, 0) is 0 Å². The molecular formula is C17H12N2O. The summed E-state index contributed by atoms with van der Waals surface area (Å²) in [5.41, 5.74) is 3.03. The minimum Gasteiger partial charge on any atom is -0.410 e. The molecule has 3 heteroatoms. The summed E-state index contributed by atoms with van der Waals surface area (Å²) in [7, 11) is 0. The van der Waals surface area contributed by atoms with E-state index in [-0.39, 0.29) is 0 Å². The fourth-order valence-electron chi connectivity index (χ4n) is 1.73. The largest absolute Gasteiger partial charge is 0.410 e. The summed E-state index contributed by atoms with van der Waals surface area (Å²) >= 11 is 0. The Labute approximate surface area is 117 Å². The maximum absolute atomic E-state index is 5.52. The fraction of sp³-hybridized carbons (Fsp3) is 0.0588. The highest BCUT2D eigenvalue weighted by atomic mass is 16.4. The van der Waals surface area contributed by atoms with Gasteiger partial charge in [0.25, 0.3) is 5.89 Å². The molecule has 0 unspecified atom stereocenters. The summed E-state index contributed by atoms with van der Waals surface area (Å²) in [6, 6.07) is 17.6. The van der Waals surface area contributed by atoms with Crippen LogP contribution in [0.1, 0.15) is 17.0 Å². The van der Waals surface area contributed by atoms with Crippen molar-refractivity contribution in [1.29, 1.82) is 0 Å². The van der Waals surface area contributed by atoms with E-state index < -0.39 is 0 Å². The molecule has 0 spiro atoms. The lowest BCUT2D eigenvalue weighted by Gasteiger charge is -1.91. The van der Waals surface area contributed by atoms with Crippen LogP contribution < -0.4 is 0 Å². The Bertz CT molecular complexity index is 762. The Morgan fingerprint density at radius 1 is 0.850 bits per heavy atom. The molecule has 0 bridgehead atoms. The lowest BCUT2D eigenvalue weighted by Crippen LogP contribution is -1.77. The third-order valence-electron chi connectivity index (χ3n) is 2.81. The van der Waals surface area contributed by atoms with Crippen molar-refractivity contribution in [1.82, 2.24) is 10.2 Å². The molecule has 2 aromatic carbocycles. The molecule has 3 aromatic rings. The molecule has 20 heavy (non-hydrogen) atoms. The van der Waals surface area contributed by atoms with Crippen LogP contribution >= 0.6 is 0 Å². The van der Waals surface area contributed by atoms with E-state index in [0.29, 0.717) is 11.8 Å². The summed E-state index contributed by atoms with van der Waals surface area (Å²) in [6.07, 6.45) is 0.